The van der Waals surface area contributed by atoms with E-state index in [1.54, 1.807) is 12.4 Å². The van der Waals surface area contributed by atoms with Gasteiger partial charge in [0.05, 0.1) is 35.4 Å². The Kier molecular flexibility index (Phi) is 3.57. The van der Waals surface area contributed by atoms with Gasteiger partial charge in [0.1, 0.15) is 0 Å². The van der Waals surface area contributed by atoms with Crippen LogP contribution in [0.25, 0.3) is 22.2 Å². The lowest BCUT2D eigenvalue weighted by atomic mass is 10.0. The van der Waals surface area contributed by atoms with Crippen molar-refractivity contribution in [2.24, 2.45) is 4.99 Å². The number of aromatic nitrogens is 2. The number of fused-ring (bicyclic) bond motifs is 5. The molecule has 0 unspecified atom stereocenters. The highest BCUT2D eigenvalue weighted by molar-refractivity contribution is 6.05. The fourth-order valence-corrected chi connectivity index (χ4v) is 3.49. The average Bonchev–Trinajstić information content (AvgIpc) is 2.98. The van der Waals surface area contributed by atoms with E-state index in [0.717, 1.165) is 44.8 Å². The second-order valence-corrected chi connectivity index (χ2v) is 6.49. The summed E-state index contributed by atoms with van der Waals surface area (Å²) in [4.78, 5) is 24.7. The number of nitrogens with zero attached hydrogens (tertiary/aromatic N) is 2. The van der Waals surface area contributed by atoms with E-state index in [1.807, 2.05) is 60.7 Å². The van der Waals surface area contributed by atoms with Crippen LogP contribution >= 0.6 is 0 Å². The van der Waals surface area contributed by atoms with Crippen LogP contribution in [0.3, 0.4) is 0 Å². The van der Waals surface area contributed by atoms with E-state index in [4.69, 9.17) is 0 Å². The SMILES string of the molecule is O=C1Cc2c([nH]c3ccc(N=Cc4ccccn4)cc23)-c2ccccc2N1. The minimum Gasteiger partial charge on any atom is -0.354 e. The molecule has 1 aliphatic heterocycles. The Balaban J connectivity index is 1.63. The average molecular weight is 352 g/mol. The summed E-state index contributed by atoms with van der Waals surface area (Å²) in [6, 6.07) is 19.6. The summed E-state index contributed by atoms with van der Waals surface area (Å²) in [6.45, 7) is 0. The third-order valence-corrected chi connectivity index (χ3v) is 4.73. The number of rotatable bonds is 2. The molecule has 27 heavy (non-hydrogen) atoms. The number of para-hydroxylation sites is 1. The second-order valence-electron chi connectivity index (χ2n) is 6.49. The zero-order chi connectivity index (χ0) is 18.2. The molecule has 0 atom stereocenters. The lowest BCUT2D eigenvalue weighted by molar-refractivity contribution is -0.115. The summed E-state index contributed by atoms with van der Waals surface area (Å²) >= 11 is 0. The van der Waals surface area contributed by atoms with Crippen molar-refractivity contribution in [3.63, 3.8) is 0 Å². The van der Waals surface area contributed by atoms with Crippen LogP contribution < -0.4 is 5.32 Å². The quantitative estimate of drug-likeness (QED) is 0.522. The monoisotopic (exact) mass is 352 g/mol. The van der Waals surface area contributed by atoms with Gasteiger partial charge in [0, 0.05) is 22.7 Å². The van der Waals surface area contributed by atoms with Crippen molar-refractivity contribution in [3.8, 4) is 11.3 Å². The van der Waals surface area contributed by atoms with Crippen LogP contribution in [0, 0.1) is 0 Å². The van der Waals surface area contributed by atoms with Crippen LogP contribution in [0.4, 0.5) is 11.4 Å². The first-order valence-electron chi connectivity index (χ1n) is 8.77. The normalized spacial score (nSPS) is 13.3. The number of anilines is 1. The van der Waals surface area contributed by atoms with Crippen molar-refractivity contribution in [1.29, 1.82) is 0 Å². The number of amides is 1. The van der Waals surface area contributed by atoms with Gasteiger partial charge in [0.15, 0.2) is 0 Å². The molecule has 1 amide bonds. The number of H-pyrrole nitrogens is 1. The van der Waals surface area contributed by atoms with Crippen molar-refractivity contribution in [2.75, 3.05) is 5.32 Å². The van der Waals surface area contributed by atoms with Crippen molar-refractivity contribution >= 4 is 34.4 Å². The van der Waals surface area contributed by atoms with Crippen molar-refractivity contribution in [2.45, 2.75) is 6.42 Å². The first-order chi connectivity index (χ1) is 13.3. The van der Waals surface area contributed by atoms with Crippen LogP contribution in [0.15, 0.2) is 71.9 Å². The predicted molar refractivity (Wildman–Crippen MR) is 108 cm³/mol. The summed E-state index contributed by atoms with van der Waals surface area (Å²) in [5.74, 6) is -0.00973. The van der Waals surface area contributed by atoms with E-state index in [-0.39, 0.29) is 5.91 Å². The van der Waals surface area contributed by atoms with E-state index in [9.17, 15) is 4.79 Å². The number of aromatic amines is 1. The molecule has 3 heterocycles. The number of nitrogens with one attached hydrogen (secondary N) is 2. The molecule has 1 aliphatic rings. The summed E-state index contributed by atoms with van der Waals surface area (Å²) in [6.07, 6.45) is 3.82. The van der Waals surface area contributed by atoms with Gasteiger partial charge in [-0.15, -0.1) is 0 Å². The van der Waals surface area contributed by atoms with Crippen LogP contribution in [-0.4, -0.2) is 22.1 Å². The molecular formula is C22H16N4O. The Hall–Kier alpha value is -3.73. The molecule has 0 saturated heterocycles. The number of carbonyl (C=O) groups is 1. The number of aliphatic imine (C=N–C) groups is 1. The number of hydrogen-bond donors (Lipinski definition) is 2. The first kappa shape index (κ1) is 15.5. The minimum absolute atomic E-state index is 0.00973. The molecule has 5 rings (SSSR count). The maximum Gasteiger partial charge on any atom is 0.228 e. The predicted octanol–water partition coefficient (Wildman–Crippen LogP) is 4.48. The first-order valence-corrected chi connectivity index (χ1v) is 8.77. The van der Waals surface area contributed by atoms with Gasteiger partial charge in [-0.3, -0.25) is 14.8 Å². The molecule has 0 bridgehead atoms. The minimum atomic E-state index is -0.00973. The van der Waals surface area contributed by atoms with Crippen LogP contribution in [-0.2, 0) is 11.2 Å². The van der Waals surface area contributed by atoms with E-state index < -0.39 is 0 Å². The fraction of sp³-hybridized carbons (Fsp3) is 0.0455. The van der Waals surface area contributed by atoms with Crippen LogP contribution in [0.1, 0.15) is 11.3 Å². The maximum absolute atomic E-state index is 12.4. The molecule has 2 aromatic heterocycles. The summed E-state index contributed by atoms with van der Waals surface area (Å²) in [7, 11) is 0. The molecular weight excluding hydrogens is 336 g/mol. The van der Waals surface area contributed by atoms with E-state index in [0.29, 0.717) is 6.42 Å². The topological polar surface area (TPSA) is 70.1 Å². The molecule has 0 fully saturated rings. The van der Waals surface area contributed by atoms with Crippen LogP contribution in [0.5, 0.6) is 0 Å². The Morgan fingerprint density at radius 1 is 1.04 bits per heavy atom. The summed E-state index contributed by atoms with van der Waals surface area (Å²) in [5, 5.41) is 4.01. The van der Waals surface area contributed by atoms with E-state index >= 15 is 0 Å². The summed E-state index contributed by atoms with van der Waals surface area (Å²) in [5.41, 5.74) is 6.47. The number of benzene rings is 2. The number of hydrogen-bond acceptors (Lipinski definition) is 3. The smallest absolute Gasteiger partial charge is 0.228 e. The molecule has 2 aromatic carbocycles. The standard InChI is InChI=1S/C22H16N4O/c27-21-12-18-17-11-14(24-13-15-5-3-4-10-23-15)8-9-20(17)26-22(18)16-6-1-2-7-19(16)25-21/h1-11,13,26H,12H2,(H,25,27). The third-order valence-electron chi connectivity index (χ3n) is 4.73. The highest BCUT2D eigenvalue weighted by Crippen LogP contribution is 2.38. The fourth-order valence-electron chi connectivity index (χ4n) is 3.49. The molecule has 4 aromatic rings. The highest BCUT2D eigenvalue weighted by Gasteiger charge is 2.22. The summed E-state index contributed by atoms with van der Waals surface area (Å²) < 4.78 is 0. The lowest BCUT2D eigenvalue weighted by Crippen LogP contribution is -2.12. The molecule has 0 radical (unpaired) electrons. The molecule has 5 heteroatoms. The second kappa shape index (κ2) is 6.21. The molecule has 5 nitrogen and oxygen atoms in total. The van der Waals surface area contributed by atoms with Gasteiger partial charge in [-0.1, -0.05) is 24.3 Å². The van der Waals surface area contributed by atoms with Crippen molar-refractivity contribution < 1.29 is 4.79 Å². The Morgan fingerprint density at radius 3 is 2.81 bits per heavy atom. The van der Waals surface area contributed by atoms with Gasteiger partial charge in [0.25, 0.3) is 0 Å². The van der Waals surface area contributed by atoms with Crippen molar-refractivity contribution in [3.05, 3.63) is 78.1 Å². The third kappa shape index (κ3) is 2.79. The zero-order valence-corrected chi connectivity index (χ0v) is 14.4. The lowest BCUT2D eigenvalue weighted by Gasteiger charge is -2.05. The van der Waals surface area contributed by atoms with E-state index in [1.165, 1.54) is 0 Å². The molecule has 0 saturated carbocycles. The number of carbonyl (C=O) groups excluding carboxylic acids is 1. The maximum atomic E-state index is 12.4. The van der Waals surface area contributed by atoms with Gasteiger partial charge in [-0.05, 0) is 42.0 Å². The zero-order valence-electron chi connectivity index (χ0n) is 14.4. The van der Waals surface area contributed by atoms with Crippen molar-refractivity contribution in [1.82, 2.24) is 9.97 Å². The molecule has 0 spiro atoms. The van der Waals surface area contributed by atoms with E-state index in [2.05, 4.69) is 20.3 Å². The molecule has 0 aliphatic carbocycles. The largest absolute Gasteiger partial charge is 0.354 e. The van der Waals surface area contributed by atoms with Gasteiger partial charge in [0.2, 0.25) is 5.91 Å². The Morgan fingerprint density at radius 2 is 1.93 bits per heavy atom. The molecule has 130 valence electrons. The Bertz CT molecular complexity index is 1190. The van der Waals surface area contributed by atoms with Gasteiger partial charge in [-0.25, -0.2) is 0 Å². The van der Waals surface area contributed by atoms with Gasteiger partial charge in [-0.2, -0.15) is 0 Å². The van der Waals surface area contributed by atoms with Gasteiger partial charge >= 0.3 is 0 Å². The number of pyridine rings is 1. The highest BCUT2D eigenvalue weighted by atomic mass is 16.1. The van der Waals surface area contributed by atoms with Gasteiger partial charge < -0.3 is 10.3 Å². The molecule has 2 N–H and O–H groups in total. The Labute approximate surface area is 155 Å². The van der Waals surface area contributed by atoms with Crippen LogP contribution in [0.2, 0.25) is 0 Å².